The Morgan fingerprint density at radius 1 is 1.52 bits per heavy atom. The molecule has 1 aliphatic rings. The molecule has 3 heterocycles. The molecule has 21 heavy (non-hydrogen) atoms. The maximum atomic E-state index is 12.6. The van der Waals surface area contributed by atoms with Gasteiger partial charge in [0.1, 0.15) is 5.52 Å². The van der Waals surface area contributed by atoms with Crippen LogP contribution in [0.25, 0.3) is 11.2 Å². The van der Waals surface area contributed by atoms with Gasteiger partial charge in [-0.05, 0) is 12.5 Å². The van der Waals surface area contributed by atoms with Crippen molar-refractivity contribution in [3.05, 3.63) is 17.8 Å². The largest absolute Gasteiger partial charge is 0.378 e. The second-order valence-electron chi connectivity index (χ2n) is 5.26. The predicted octanol–water partition coefficient (Wildman–Crippen LogP) is -0.448. The van der Waals surface area contributed by atoms with Crippen molar-refractivity contribution in [1.29, 1.82) is 0 Å². The fourth-order valence-electron chi connectivity index (χ4n) is 2.59. The summed E-state index contributed by atoms with van der Waals surface area (Å²) in [5.41, 5.74) is 7.75. The molecule has 3 rings (SSSR count). The molecule has 2 aromatic heterocycles. The molecule has 0 unspecified atom stereocenters. The Bertz CT molecular complexity index is 670. The molecular formula is C13H18N6O2. The molecule has 1 amide bonds. The van der Waals surface area contributed by atoms with Gasteiger partial charge in [-0.1, -0.05) is 5.21 Å². The van der Waals surface area contributed by atoms with E-state index in [2.05, 4.69) is 15.3 Å². The Balaban J connectivity index is 1.83. The number of methoxy groups -OCH3 is 1. The zero-order chi connectivity index (χ0) is 15.0. The quantitative estimate of drug-likeness (QED) is 0.804. The summed E-state index contributed by atoms with van der Waals surface area (Å²) < 4.78 is 6.91. The van der Waals surface area contributed by atoms with Crippen LogP contribution in [-0.4, -0.2) is 63.1 Å². The summed E-state index contributed by atoms with van der Waals surface area (Å²) in [4.78, 5) is 18.5. The number of hydrogen-bond acceptors (Lipinski definition) is 6. The number of nitrogens with two attached hydrogens (primary N) is 1. The normalized spacial score (nSPS) is 22.7. The van der Waals surface area contributed by atoms with E-state index < -0.39 is 0 Å². The highest BCUT2D eigenvalue weighted by Crippen LogP contribution is 2.16. The molecule has 8 nitrogen and oxygen atoms in total. The van der Waals surface area contributed by atoms with E-state index in [-0.39, 0.29) is 18.1 Å². The van der Waals surface area contributed by atoms with E-state index in [9.17, 15) is 4.79 Å². The van der Waals surface area contributed by atoms with Crippen molar-refractivity contribution >= 4 is 17.1 Å². The van der Waals surface area contributed by atoms with Crippen LogP contribution in [0.2, 0.25) is 0 Å². The van der Waals surface area contributed by atoms with Gasteiger partial charge in [-0.15, -0.1) is 5.10 Å². The fourth-order valence-corrected chi connectivity index (χ4v) is 2.59. The van der Waals surface area contributed by atoms with Crippen LogP contribution in [0.5, 0.6) is 0 Å². The number of pyridine rings is 1. The van der Waals surface area contributed by atoms with E-state index in [1.807, 2.05) is 0 Å². The molecule has 2 aromatic rings. The number of carbonyl (C=O) groups is 1. The van der Waals surface area contributed by atoms with Gasteiger partial charge in [0.2, 0.25) is 0 Å². The summed E-state index contributed by atoms with van der Waals surface area (Å²) in [6, 6.07) is 1.69. The van der Waals surface area contributed by atoms with Crippen LogP contribution in [0.3, 0.4) is 0 Å². The molecule has 0 saturated carbocycles. The zero-order valence-corrected chi connectivity index (χ0v) is 12.1. The van der Waals surface area contributed by atoms with Gasteiger partial charge >= 0.3 is 0 Å². The smallest absolute Gasteiger partial charge is 0.255 e. The lowest BCUT2D eigenvalue weighted by atomic mass is 10.0. The zero-order valence-electron chi connectivity index (χ0n) is 12.1. The van der Waals surface area contributed by atoms with Gasteiger partial charge in [-0.2, -0.15) is 0 Å². The van der Waals surface area contributed by atoms with Crippen LogP contribution in [0, 0.1) is 0 Å². The number of ether oxygens (including phenoxy) is 1. The van der Waals surface area contributed by atoms with Crippen LogP contribution in [0.15, 0.2) is 12.3 Å². The molecule has 2 atom stereocenters. The second kappa shape index (κ2) is 5.38. The minimum absolute atomic E-state index is 0.0281. The summed E-state index contributed by atoms with van der Waals surface area (Å²) in [6.45, 7) is 1.12. The van der Waals surface area contributed by atoms with Crippen molar-refractivity contribution in [3.8, 4) is 0 Å². The maximum absolute atomic E-state index is 12.6. The van der Waals surface area contributed by atoms with E-state index in [4.69, 9.17) is 10.5 Å². The third-order valence-electron chi connectivity index (χ3n) is 3.89. The van der Waals surface area contributed by atoms with Crippen LogP contribution in [-0.2, 0) is 11.8 Å². The summed E-state index contributed by atoms with van der Waals surface area (Å²) in [5, 5.41) is 7.87. The summed E-state index contributed by atoms with van der Waals surface area (Å²) in [6.07, 6.45) is 2.16. The Hall–Kier alpha value is -2.06. The maximum Gasteiger partial charge on any atom is 0.255 e. The van der Waals surface area contributed by atoms with Gasteiger partial charge in [-0.25, -0.2) is 9.67 Å². The summed E-state index contributed by atoms with van der Waals surface area (Å²) >= 11 is 0. The number of hydrogen-bond donors (Lipinski definition) is 1. The number of aryl methyl sites for hydroxylation is 1. The molecule has 1 fully saturated rings. The topological polar surface area (TPSA) is 99.2 Å². The molecule has 1 saturated heterocycles. The minimum atomic E-state index is -0.129. The fraction of sp³-hybridized carbons (Fsp3) is 0.538. The van der Waals surface area contributed by atoms with Crippen molar-refractivity contribution in [3.63, 3.8) is 0 Å². The highest BCUT2D eigenvalue weighted by Gasteiger charge is 2.30. The first kappa shape index (κ1) is 13.9. The van der Waals surface area contributed by atoms with Crippen molar-refractivity contribution in [2.24, 2.45) is 12.8 Å². The second-order valence-corrected chi connectivity index (χ2v) is 5.26. The Morgan fingerprint density at radius 3 is 3.10 bits per heavy atom. The van der Waals surface area contributed by atoms with Crippen molar-refractivity contribution in [1.82, 2.24) is 24.9 Å². The lowest BCUT2D eigenvalue weighted by Gasteiger charge is -2.35. The van der Waals surface area contributed by atoms with E-state index in [1.54, 1.807) is 36.0 Å². The standard InChI is InChI=1S/C13H18N6O2/c1-18-12-10(16-17-18)5-8(6-15-12)13(20)19-4-3-9(14)11(7-19)21-2/h5-6,9,11H,3-4,7,14H2,1-2H3/t9-,11+/m0/s1. The van der Waals surface area contributed by atoms with E-state index in [1.165, 1.54) is 0 Å². The monoisotopic (exact) mass is 290 g/mol. The molecule has 0 bridgehead atoms. The first-order valence-corrected chi connectivity index (χ1v) is 6.83. The van der Waals surface area contributed by atoms with Crippen LogP contribution in [0.1, 0.15) is 16.8 Å². The third kappa shape index (κ3) is 2.47. The van der Waals surface area contributed by atoms with Crippen molar-refractivity contribution < 1.29 is 9.53 Å². The molecule has 2 N–H and O–H groups in total. The summed E-state index contributed by atoms with van der Waals surface area (Å²) in [5.74, 6) is -0.0796. The molecule has 0 aromatic carbocycles. The predicted molar refractivity (Wildman–Crippen MR) is 75.6 cm³/mol. The number of aromatic nitrogens is 4. The number of likely N-dealkylation sites (tertiary alicyclic amines) is 1. The number of nitrogens with zero attached hydrogens (tertiary/aromatic N) is 5. The number of fused-ring (bicyclic) bond motifs is 1. The lowest BCUT2D eigenvalue weighted by molar-refractivity contribution is 0.0162. The van der Waals surface area contributed by atoms with E-state index in [0.717, 1.165) is 6.42 Å². The first-order valence-electron chi connectivity index (χ1n) is 6.83. The molecular weight excluding hydrogens is 272 g/mol. The molecule has 112 valence electrons. The SMILES string of the molecule is CO[C@@H]1CN(C(=O)c2cnc3c(c2)nnn3C)CC[C@@H]1N. The highest BCUT2D eigenvalue weighted by molar-refractivity contribution is 5.96. The van der Waals surface area contributed by atoms with Crippen LogP contribution < -0.4 is 5.73 Å². The van der Waals surface area contributed by atoms with Crippen LogP contribution in [0.4, 0.5) is 0 Å². The van der Waals surface area contributed by atoms with Crippen molar-refractivity contribution in [2.45, 2.75) is 18.6 Å². The first-order chi connectivity index (χ1) is 10.1. The number of amides is 1. The molecule has 1 aliphatic heterocycles. The van der Waals surface area contributed by atoms with Gasteiger partial charge in [0.15, 0.2) is 5.65 Å². The number of rotatable bonds is 2. The molecule has 0 aliphatic carbocycles. The lowest BCUT2D eigenvalue weighted by Crippen LogP contribution is -2.53. The van der Waals surface area contributed by atoms with Gasteiger partial charge in [-0.3, -0.25) is 4.79 Å². The average Bonchev–Trinajstić information content (AvgIpc) is 2.88. The minimum Gasteiger partial charge on any atom is -0.378 e. The third-order valence-corrected chi connectivity index (χ3v) is 3.89. The number of carbonyl (C=O) groups excluding carboxylic acids is 1. The van der Waals surface area contributed by atoms with Crippen LogP contribution >= 0.6 is 0 Å². The number of piperidine rings is 1. The Labute approximate surface area is 121 Å². The van der Waals surface area contributed by atoms with E-state index in [0.29, 0.717) is 29.8 Å². The molecule has 0 spiro atoms. The van der Waals surface area contributed by atoms with Gasteiger partial charge in [0, 0.05) is 39.5 Å². The summed E-state index contributed by atoms with van der Waals surface area (Å²) in [7, 11) is 3.38. The van der Waals surface area contributed by atoms with E-state index >= 15 is 0 Å². The Kier molecular flexibility index (Phi) is 3.56. The highest BCUT2D eigenvalue weighted by atomic mass is 16.5. The average molecular weight is 290 g/mol. The van der Waals surface area contributed by atoms with Crippen molar-refractivity contribution in [2.75, 3.05) is 20.2 Å². The Morgan fingerprint density at radius 2 is 2.33 bits per heavy atom. The van der Waals surface area contributed by atoms with Gasteiger partial charge in [0.05, 0.1) is 11.7 Å². The van der Waals surface area contributed by atoms with Gasteiger partial charge in [0.25, 0.3) is 5.91 Å². The van der Waals surface area contributed by atoms with Gasteiger partial charge < -0.3 is 15.4 Å². The molecule has 0 radical (unpaired) electrons. The molecule has 8 heteroatoms.